The van der Waals surface area contributed by atoms with Gasteiger partial charge in [-0.1, -0.05) is 41.9 Å². The minimum Gasteiger partial charge on any atom is -0.493 e. The average Bonchev–Trinajstić information content (AvgIpc) is 2.79. The Hall–Kier alpha value is -3.23. The summed E-state index contributed by atoms with van der Waals surface area (Å²) in [5, 5.41) is 3.00. The number of halogens is 1. The van der Waals surface area contributed by atoms with Crippen molar-refractivity contribution >= 4 is 38.9 Å². The molecule has 162 valence electrons. The van der Waals surface area contributed by atoms with Crippen molar-refractivity contribution in [3.63, 3.8) is 0 Å². The van der Waals surface area contributed by atoms with E-state index in [2.05, 4.69) is 5.32 Å². The molecule has 0 atom stereocenters. The highest BCUT2D eigenvalue weighted by Gasteiger charge is 2.28. The van der Waals surface area contributed by atoms with Crippen LogP contribution in [-0.2, 0) is 14.8 Å². The molecule has 31 heavy (non-hydrogen) atoms. The number of nitrogens with one attached hydrogen (secondary N) is 1. The van der Waals surface area contributed by atoms with Crippen molar-refractivity contribution in [3.05, 3.63) is 77.8 Å². The fourth-order valence-corrected chi connectivity index (χ4v) is 4.52. The molecule has 3 aromatic rings. The lowest BCUT2D eigenvalue weighted by Gasteiger charge is -2.24. The smallest absolute Gasteiger partial charge is 0.264 e. The number of hydrogen-bond donors (Lipinski definition) is 1. The number of anilines is 2. The van der Waals surface area contributed by atoms with E-state index in [1.54, 1.807) is 54.6 Å². The van der Waals surface area contributed by atoms with Crippen LogP contribution >= 0.6 is 11.6 Å². The lowest BCUT2D eigenvalue weighted by molar-refractivity contribution is -0.114. The highest BCUT2D eigenvalue weighted by molar-refractivity contribution is 7.92. The van der Waals surface area contributed by atoms with Crippen LogP contribution in [0.15, 0.2) is 77.7 Å². The minimum absolute atomic E-state index is 0.0421. The van der Waals surface area contributed by atoms with Crippen molar-refractivity contribution in [1.29, 1.82) is 0 Å². The maximum Gasteiger partial charge on any atom is 0.264 e. The molecule has 0 saturated heterocycles. The van der Waals surface area contributed by atoms with E-state index in [1.165, 1.54) is 32.4 Å². The van der Waals surface area contributed by atoms with Crippen LogP contribution in [0.25, 0.3) is 0 Å². The molecule has 0 bridgehead atoms. The Bertz CT molecular complexity index is 1170. The predicted octanol–water partition coefficient (Wildman–Crippen LogP) is 4.19. The Morgan fingerprint density at radius 1 is 0.935 bits per heavy atom. The molecule has 0 aliphatic carbocycles. The number of carbonyl (C=O) groups is 1. The van der Waals surface area contributed by atoms with Gasteiger partial charge in [-0.3, -0.25) is 9.10 Å². The fraction of sp³-hybridized carbons (Fsp3) is 0.136. The Kier molecular flexibility index (Phi) is 7.04. The fourth-order valence-electron chi connectivity index (χ4n) is 2.90. The van der Waals surface area contributed by atoms with Crippen LogP contribution in [0.5, 0.6) is 11.5 Å². The summed E-state index contributed by atoms with van der Waals surface area (Å²) >= 11 is 6.10. The second kappa shape index (κ2) is 9.72. The first-order valence-electron chi connectivity index (χ1n) is 9.21. The molecule has 0 aliphatic heterocycles. The van der Waals surface area contributed by atoms with Crippen LogP contribution in [0.4, 0.5) is 11.4 Å². The number of carbonyl (C=O) groups excluding carboxylic acids is 1. The predicted molar refractivity (Wildman–Crippen MR) is 121 cm³/mol. The zero-order chi connectivity index (χ0) is 22.4. The summed E-state index contributed by atoms with van der Waals surface area (Å²) in [5.41, 5.74) is 0.734. The molecular formula is C22H21ClN2O5S. The molecule has 0 fully saturated rings. The summed E-state index contributed by atoms with van der Waals surface area (Å²) in [7, 11) is -1.23. The third-order valence-electron chi connectivity index (χ3n) is 4.42. The number of ether oxygens (including phenoxy) is 2. The van der Waals surface area contributed by atoms with Gasteiger partial charge in [-0.2, -0.15) is 0 Å². The number of hydrogen-bond acceptors (Lipinski definition) is 5. The van der Waals surface area contributed by atoms with Gasteiger partial charge in [0.2, 0.25) is 5.91 Å². The first-order valence-corrected chi connectivity index (χ1v) is 11.0. The molecule has 7 nitrogen and oxygen atoms in total. The van der Waals surface area contributed by atoms with Crippen LogP contribution in [0, 0.1) is 0 Å². The SMILES string of the molecule is COc1ccc(S(=O)(=O)N(CC(=O)Nc2ccccc2Cl)c2ccccc2)cc1OC. The summed E-state index contributed by atoms with van der Waals surface area (Å²) in [4.78, 5) is 12.7. The van der Waals surface area contributed by atoms with Crippen molar-refractivity contribution in [2.75, 3.05) is 30.4 Å². The molecule has 0 saturated carbocycles. The van der Waals surface area contributed by atoms with Gasteiger partial charge in [-0.25, -0.2) is 8.42 Å². The van der Waals surface area contributed by atoms with Gasteiger partial charge in [0, 0.05) is 6.07 Å². The summed E-state index contributed by atoms with van der Waals surface area (Å²) in [6.07, 6.45) is 0. The van der Waals surface area contributed by atoms with Crippen LogP contribution in [-0.4, -0.2) is 35.1 Å². The van der Waals surface area contributed by atoms with E-state index >= 15 is 0 Å². The quantitative estimate of drug-likeness (QED) is 0.544. The van der Waals surface area contributed by atoms with Gasteiger partial charge in [0.15, 0.2) is 11.5 Å². The minimum atomic E-state index is -4.11. The average molecular weight is 461 g/mol. The summed E-state index contributed by atoms with van der Waals surface area (Å²) in [5.74, 6) is 0.113. The van der Waals surface area contributed by atoms with E-state index < -0.39 is 22.5 Å². The van der Waals surface area contributed by atoms with Crippen LogP contribution in [0.3, 0.4) is 0 Å². The van der Waals surface area contributed by atoms with E-state index in [0.29, 0.717) is 22.1 Å². The Morgan fingerprint density at radius 3 is 2.23 bits per heavy atom. The monoisotopic (exact) mass is 460 g/mol. The molecule has 0 heterocycles. The molecule has 0 spiro atoms. The first kappa shape index (κ1) is 22.5. The highest BCUT2D eigenvalue weighted by Crippen LogP contribution is 2.32. The Morgan fingerprint density at radius 2 is 1.58 bits per heavy atom. The van der Waals surface area contributed by atoms with E-state index in [-0.39, 0.29) is 10.6 Å². The number of nitrogens with zero attached hydrogens (tertiary/aromatic N) is 1. The van der Waals surface area contributed by atoms with Gasteiger partial charge >= 0.3 is 0 Å². The highest BCUT2D eigenvalue weighted by atomic mass is 35.5. The van der Waals surface area contributed by atoms with Crippen molar-refractivity contribution in [3.8, 4) is 11.5 Å². The van der Waals surface area contributed by atoms with Gasteiger partial charge < -0.3 is 14.8 Å². The normalized spacial score (nSPS) is 10.9. The largest absolute Gasteiger partial charge is 0.493 e. The zero-order valence-corrected chi connectivity index (χ0v) is 18.5. The lowest BCUT2D eigenvalue weighted by Crippen LogP contribution is -2.38. The molecule has 3 rings (SSSR count). The van der Waals surface area contributed by atoms with E-state index in [4.69, 9.17) is 21.1 Å². The van der Waals surface area contributed by atoms with Gasteiger partial charge in [0.25, 0.3) is 10.0 Å². The maximum atomic E-state index is 13.5. The number of benzene rings is 3. The van der Waals surface area contributed by atoms with Crippen LogP contribution < -0.4 is 19.1 Å². The number of sulfonamides is 1. The molecule has 9 heteroatoms. The number of para-hydroxylation sites is 2. The summed E-state index contributed by atoms with van der Waals surface area (Å²) < 4.78 is 38.4. The molecule has 3 aromatic carbocycles. The molecule has 1 amide bonds. The molecule has 1 N–H and O–H groups in total. The molecular weight excluding hydrogens is 440 g/mol. The molecule has 0 unspecified atom stereocenters. The van der Waals surface area contributed by atoms with Gasteiger partial charge in [0.05, 0.1) is 35.5 Å². The Balaban J connectivity index is 1.97. The molecule has 0 aromatic heterocycles. The van der Waals surface area contributed by atoms with Crippen LogP contribution in [0.1, 0.15) is 0 Å². The van der Waals surface area contributed by atoms with Crippen molar-refractivity contribution < 1.29 is 22.7 Å². The summed E-state index contributed by atoms with van der Waals surface area (Å²) in [6.45, 7) is -0.452. The standard InChI is InChI=1S/C22H21ClN2O5S/c1-29-20-13-12-17(14-21(20)30-2)31(27,28)25(16-8-4-3-5-9-16)15-22(26)24-19-11-7-6-10-18(19)23/h3-14H,15H2,1-2H3,(H,24,26). The van der Waals surface area contributed by atoms with E-state index in [1.807, 2.05) is 0 Å². The maximum absolute atomic E-state index is 13.5. The third kappa shape index (κ3) is 5.10. The topological polar surface area (TPSA) is 84.9 Å². The first-order chi connectivity index (χ1) is 14.9. The third-order valence-corrected chi connectivity index (χ3v) is 6.52. The van der Waals surface area contributed by atoms with Crippen molar-refractivity contribution in [2.45, 2.75) is 4.90 Å². The van der Waals surface area contributed by atoms with Gasteiger partial charge in [-0.15, -0.1) is 0 Å². The van der Waals surface area contributed by atoms with Crippen LogP contribution in [0.2, 0.25) is 5.02 Å². The second-order valence-corrected chi connectivity index (χ2v) is 8.66. The Labute approximate surface area is 186 Å². The number of methoxy groups -OCH3 is 2. The zero-order valence-electron chi connectivity index (χ0n) is 16.9. The second-order valence-electron chi connectivity index (χ2n) is 6.39. The molecule has 0 aliphatic rings. The van der Waals surface area contributed by atoms with Crippen molar-refractivity contribution in [1.82, 2.24) is 0 Å². The van der Waals surface area contributed by atoms with Gasteiger partial charge in [0.1, 0.15) is 6.54 Å². The summed E-state index contributed by atoms with van der Waals surface area (Å²) in [6, 6.07) is 19.3. The van der Waals surface area contributed by atoms with Crippen molar-refractivity contribution in [2.24, 2.45) is 0 Å². The molecule has 0 radical (unpaired) electrons. The van der Waals surface area contributed by atoms with E-state index in [0.717, 1.165) is 4.31 Å². The van der Waals surface area contributed by atoms with E-state index in [9.17, 15) is 13.2 Å². The van der Waals surface area contributed by atoms with Gasteiger partial charge in [-0.05, 0) is 36.4 Å². The lowest BCUT2D eigenvalue weighted by atomic mass is 10.3. The number of amides is 1. The number of rotatable bonds is 8.